The summed E-state index contributed by atoms with van der Waals surface area (Å²) in [6.45, 7) is 7.00. The van der Waals surface area contributed by atoms with Crippen LogP contribution in [-0.2, 0) is 11.3 Å². The van der Waals surface area contributed by atoms with Crippen LogP contribution in [0.3, 0.4) is 0 Å². The molecule has 1 aliphatic rings. The molecular formula is C13H22ClN3O. The van der Waals surface area contributed by atoms with Gasteiger partial charge in [0.1, 0.15) is 0 Å². The highest BCUT2D eigenvalue weighted by atomic mass is 35.5. The number of rotatable bonds is 6. The molecule has 2 rings (SSSR count). The number of hydrogen-bond acceptors (Lipinski definition) is 3. The average Bonchev–Trinajstić information content (AvgIpc) is 2.92. The SMILES string of the molecule is CCCNCC1CCC(Cn2ncc(Cl)c2C)O1. The fourth-order valence-corrected chi connectivity index (χ4v) is 2.45. The second-order valence-electron chi connectivity index (χ2n) is 4.92. The Morgan fingerprint density at radius 2 is 2.28 bits per heavy atom. The summed E-state index contributed by atoms with van der Waals surface area (Å²) >= 11 is 5.99. The molecule has 5 heteroatoms. The predicted octanol–water partition coefficient (Wildman–Crippen LogP) is 2.39. The summed E-state index contributed by atoms with van der Waals surface area (Å²) in [7, 11) is 0. The van der Waals surface area contributed by atoms with Crippen molar-refractivity contribution in [1.29, 1.82) is 0 Å². The molecule has 0 bridgehead atoms. The monoisotopic (exact) mass is 271 g/mol. The Morgan fingerprint density at radius 3 is 2.94 bits per heavy atom. The zero-order chi connectivity index (χ0) is 13.0. The molecule has 2 unspecified atom stereocenters. The van der Waals surface area contributed by atoms with Gasteiger partial charge in [-0.25, -0.2) is 0 Å². The van der Waals surface area contributed by atoms with Crippen molar-refractivity contribution in [1.82, 2.24) is 15.1 Å². The van der Waals surface area contributed by atoms with Crippen molar-refractivity contribution in [3.05, 3.63) is 16.9 Å². The van der Waals surface area contributed by atoms with Crippen molar-refractivity contribution in [3.8, 4) is 0 Å². The van der Waals surface area contributed by atoms with Crippen LogP contribution in [0.25, 0.3) is 0 Å². The van der Waals surface area contributed by atoms with Gasteiger partial charge in [-0.15, -0.1) is 0 Å². The van der Waals surface area contributed by atoms with Crippen molar-refractivity contribution in [2.24, 2.45) is 0 Å². The van der Waals surface area contributed by atoms with Gasteiger partial charge in [-0.1, -0.05) is 18.5 Å². The zero-order valence-electron chi connectivity index (χ0n) is 11.2. The van der Waals surface area contributed by atoms with Crippen LogP contribution < -0.4 is 5.32 Å². The van der Waals surface area contributed by atoms with Gasteiger partial charge in [-0.05, 0) is 32.7 Å². The van der Waals surface area contributed by atoms with E-state index < -0.39 is 0 Å². The molecule has 0 spiro atoms. The summed E-state index contributed by atoms with van der Waals surface area (Å²) in [5, 5.41) is 8.41. The fraction of sp³-hybridized carbons (Fsp3) is 0.769. The minimum Gasteiger partial charge on any atom is -0.372 e. The summed E-state index contributed by atoms with van der Waals surface area (Å²) in [6, 6.07) is 0. The molecule has 1 aliphatic heterocycles. The van der Waals surface area contributed by atoms with Crippen LogP contribution in [0.5, 0.6) is 0 Å². The minimum absolute atomic E-state index is 0.271. The molecule has 1 N–H and O–H groups in total. The van der Waals surface area contributed by atoms with E-state index in [1.54, 1.807) is 6.20 Å². The highest BCUT2D eigenvalue weighted by molar-refractivity contribution is 6.31. The highest BCUT2D eigenvalue weighted by Crippen LogP contribution is 2.22. The van der Waals surface area contributed by atoms with Crippen LogP contribution in [0.15, 0.2) is 6.20 Å². The van der Waals surface area contributed by atoms with E-state index in [1.807, 2.05) is 11.6 Å². The lowest BCUT2D eigenvalue weighted by atomic mass is 10.2. The molecule has 1 aromatic heterocycles. The van der Waals surface area contributed by atoms with E-state index in [0.717, 1.165) is 43.2 Å². The number of nitrogens with one attached hydrogen (secondary N) is 1. The van der Waals surface area contributed by atoms with Gasteiger partial charge in [0.15, 0.2) is 0 Å². The minimum atomic E-state index is 0.271. The Labute approximate surface area is 114 Å². The van der Waals surface area contributed by atoms with Crippen LogP contribution in [0.4, 0.5) is 0 Å². The third-order valence-electron chi connectivity index (χ3n) is 3.41. The van der Waals surface area contributed by atoms with Gasteiger partial charge >= 0.3 is 0 Å². The van der Waals surface area contributed by atoms with E-state index >= 15 is 0 Å². The summed E-state index contributed by atoms with van der Waals surface area (Å²) in [5.74, 6) is 0. The zero-order valence-corrected chi connectivity index (χ0v) is 11.9. The Bertz CT molecular complexity index is 380. The quantitative estimate of drug-likeness (QED) is 0.808. The fourth-order valence-electron chi connectivity index (χ4n) is 2.31. The standard InChI is InChI=1S/C13H22ClN3O/c1-3-6-15-7-11-4-5-12(18-11)9-17-10(2)13(14)8-16-17/h8,11-12,15H,3-7,9H2,1-2H3. The summed E-state index contributed by atoms with van der Waals surface area (Å²) in [4.78, 5) is 0. The molecule has 0 aromatic carbocycles. The van der Waals surface area contributed by atoms with E-state index in [-0.39, 0.29) is 6.10 Å². The van der Waals surface area contributed by atoms with E-state index in [0.29, 0.717) is 6.10 Å². The lowest BCUT2D eigenvalue weighted by Crippen LogP contribution is -2.28. The molecule has 0 aliphatic carbocycles. The van der Waals surface area contributed by atoms with Gasteiger partial charge in [0.25, 0.3) is 0 Å². The van der Waals surface area contributed by atoms with Crippen LogP contribution in [0.1, 0.15) is 31.9 Å². The van der Waals surface area contributed by atoms with Gasteiger partial charge < -0.3 is 10.1 Å². The molecule has 0 saturated carbocycles. The van der Waals surface area contributed by atoms with Gasteiger partial charge in [0.05, 0.1) is 35.7 Å². The average molecular weight is 272 g/mol. The normalized spacial score (nSPS) is 23.7. The molecular weight excluding hydrogens is 250 g/mol. The Hall–Kier alpha value is -0.580. The lowest BCUT2D eigenvalue weighted by Gasteiger charge is -2.15. The molecule has 1 aromatic rings. The Kier molecular flexibility index (Phi) is 5.03. The van der Waals surface area contributed by atoms with Crippen molar-refractivity contribution in [2.75, 3.05) is 13.1 Å². The first-order valence-corrected chi connectivity index (χ1v) is 7.12. The van der Waals surface area contributed by atoms with Crippen LogP contribution in [0, 0.1) is 6.92 Å². The van der Waals surface area contributed by atoms with Gasteiger partial charge in [-0.2, -0.15) is 5.10 Å². The van der Waals surface area contributed by atoms with Crippen molar-refractivity contribution >= 4 is 11.6 Å². The van der Waals surface area contributed by atoms with E-state index in [2.05, 4.69) is 17.3 Å². The van der Waals surface area contributed by atoms with Gasteiger partial charge in [0, 0.05) is 6.54 Å². The topological polar surface area (TPSA) is 39.1 Å². The maximum Gasteiger partial charge on any atom is 0.0814 e. The maximum atomic E-state index is 6.01. The van der Waals surface area contributed by atoms with Crippen molar-refractivity contribution < 1.29 is 4.74 Å². The molecule has 18 heavy (non-hydrogen) atoms. The highest BCUT2D eigenvalue weighted by Gasteiger charge is 2.25. The first kappa shape index (κ1) is 13.8. The lowest BCUT2D eigenvalue weighted by molar-refractivity contribution is 0.0340. The number of aromatic nitrogens is 2. The first-order valence-electron chi connectivity index (χ1n) is 6.74. The second kappa shape index (κ2) is 6.55. The first-order chi connectivity index (χ1) is 8.70. The van der Waals surface area contributed by atoms with Gasteiger partial charge in [0.2, 0.25) is 0 Å². The van der Waals surface area contributed by atoms with Gasteiger partial charge in [-0.3, -0.25) is 4.68 Å². The van der Waals surface area contributed by atoms with E-state index in [1.165, 1.54) is 6.42 Å². The predicted molar refractivity (Wildman–Crippen MR) is 73.0 cm³/mol. The van der Waals surface area contributed by atoms with Crippen molar-refractivity contribution in [2.45, 2.75) is 51.9 Å². The third kappa shape index (κ3) is 3.46. The Morgan fingerprint density at radius 1 is 1.50 bits per heavy atom. The van der Waals surface area contributed by atoms with Crippen LogP contribution in [0.2, 0.25) is 5.02 Å². The number of ether oxygens (including phenoxy) is 1. The number of halogens is 1. The van der Waals surface area contributed by atoms with Crippen molar-refractivity contribution in [3.63, 3.8) is 0 Å². The van der Waals surface area contributed by atoms with E-state index in [4.69, 9.17) is 16.3 Å². The molecule has 2 atom stereocenters. The van der Waals surface area contributed by atoms with E-state index in [9.17, 15) is 0 Å². The Balaban J connectivity index is 1.77. The molecule has 1 fully saturated rings. The molecule has 0 radical (unpaired) electrons. The maximum absolute atomic E-state index is 6.01. The summed E-state index contributed by atoms with van der Waals surface area (Å²) in [6.07, 6.45) is 5.74. The number of nitrogens with zero attached hydrogens (tertiary/aromatic N) is 2. The molecule has 4 nitrogen and oxygen atoms in total. The second-order valence-corrected chi connectivity index (χ2v) is 5.33. The summed E-state index contributed by atoms with van der Waals surface area (Å²) < 4.78 is 7.95. The molecule has 0 amide bonds. The molecule has 2 heterocycles. The smallest absolute Gasteiger partial charge is 0.0814 e. The number of hydrogen-bond donors (Lipinski definition) is 1. The third-order valence-corrected chi connectivity index (χ3v) is 3.79. The van der Waals surface area contributed by atoms with Crippen LogP contribution in [-0.4, -0.2) is 35.1 Å². The largest absolute Gasteiger partial charge is 0.372 e. The summed E-state index contributed by atoms with van der Waals surface area (Å²) in [5.41, 5.74) is 1.02. The molecule has 102 valence electrons. The van der Waals surface area contributed by atoms with Crippen LogP contribution >= 0.6 is 11.6 Å². The molecule has 1 saturated heterocycles.